The molecule has 53 heavy (non-hydrogen) atoms. The molecule has 0 saturated heterocycles. The van der Waals surface area contributed by atoms with E-state index in [0.717, 1.165) is 27.9 Å². The van der Waals surface area contributed by atoms with Crippen LogP contribution in [0.4, 0.5) is 0 Å². The van der Waals surface area contributed by atoms with Crippen molar-refractivity contribution >= 4 is 91.9 Å². The average Bonchev–Trinajstić information content (AvgIpc) is 3.72. The number of benzene rings is 8. The van der Waals surface area contributed by atoms with Gasteiger partial charge >= 0.3 is 0 Å². The van der Waals surface area contributed by atoms with E-state index in [9.17, 15) is 0 Å². The van der Waals surface area contributed by atoms with E-state index < -0.39 is 0 Å². The average molecular weight is 673 g/mol. The number of allylic oxidation sites excluding steroid dienone is 2. The first-order valence-electron chi connectivity index (χ1n) is 18.2. The van der Waals surface area contributed by atoms with Crippen LogP contribution < -0.4 is 0 Å². The minimum Gasteiger partial charge on any atom is -0.257 e. The Kier molecular flexibility index (Phi) is 6.35. The molecular weight excluding hydrogens is 641 g/mol. The molecule has 2 heteroatoms. The summed E-state index contributed by atoms with van der Waals surface area (Å²) in [6.45, 7) is 6.37. The van der Waals surface area contributed by atoms with Crippen molar-refractivity contribution in [2.75, 3.05) is 0 Å². The molecule has 2 nitrogen and oxygen atoms in total. The molecule has 0 aliphatic rings. The third-order valence-electron chi connectivity index (χ3n) is 11.3. The zero-order valence-corrected chi connectivity index (χ0v) is 29.2. The van der Waals surface area contributed by atoms with Gasteiger partial charge in [-0.3, -0.25) is 9.98 Å². The van der Waals surface area contributed by atoms with Crippen LogP contribution in [0.15, 0.2) is 176 Å². The van der Waals surface area contributed by atoms with Crippen LogP contribution in [-0.2, 0) is 0 Å². The number of aliphatic imine (C=N–C) groups is 1. The van der Waals surface area contributed by atoms with Gasteiger partial charge in [-0.2, -0.15) is 0 Å². The van der Waals surface area contributed by atoms with Gasteiger partial charge in [-0.25, -0.2) is 0 Å². The van der Waals surface area contributed by atoms with E-state index in [1.807, 2.05) is 37.5 Å². The normalized spacial score (nSPS) is 12.7. The molecule has 0 saturated carbocycles. The third kappa shape index (κ3) is 4.09. The maximum absolute atomic E-state index is 5.11. The van der Waals surface area contributed by atoms with Crippen molar-refractivity contribution in [3.05, 3.63) is 176 Å². The van der Waals surface area contributed by atoms with E-state index in [0.29, 0.717) is 0 Å². The predicted octanol–water partition coefficient (Wildman–Crippen LogP) is 14.0. The first-order chi connectivity index (χ1) is 26.2. The fourth-order valence-corrected chi connectivity index (χ4v) is 9.23. The van der Waals surface area contributed by atoms with Crippen molar-refractivity contribution in [2.45, 2.75) is 6.92 Å². The van der Waals surface area contributed by atoms with Crippen LogP contribution in [0.5, 0.6) is 0 Å². The summed E-state index contributed by atoms with van der Waals surface area (Å²) >= 11 is 0. The van der Waals surface area contributed by atoms with Crippen molar-refractivity contribution in [2.24, 2.45) is 4.99 Å². The van der Waals surface area contributed by atoms with Crippen LogP contribution in [0.25, 0.3) is 109 Å². The molecule has 1 heterocycles. The molecule has 0 spiro atoms. The van der Waals surface area contributed by atoms with Crippen molar-refractivity contribution in [1.82, 2.24) is 4.98 Å². The lowest BCUT2D eigenvalue weighted by atomic mass is 9.85. The number of pyridine rings is 1. The number of rotatable bonds is 5. The lowest BCUT2D eigenvalue weighted by molar-refractivity contribution is 1.34. The van der Waals surface area contributed by atoms with Gasteiger partial charge < -0.3 is 0 Å². The summed E-state index contributed by atoms with van der Waals surface area (Å²) in [4.78, 5) is 10.2. The maximum atomic E-state index is 5.11. The van der Waals surface area contributed by atoms with E-state index >= 15 is 0 Å². The molecule has 0 N–H and O–H groups in total. The zero-order chi connectivity index (χ0) is 35.2. The van der Waals surface area contributed by atoms with Gasteiger partial charge in [0.2, 0.25) is 0 Å². The van der Waals surface area contributed by atoms with Gasteiger partial charge in [0.1, 0.15) is 0 Å². The summed E-state index contributed by atoms with van der Waals surface area (Å²) in [6, 6.07) is 51.1. The molecule has 0 unspecified atom stereocenters. The minimum absolute atomic E-state index is 0.853. The molecule has 0 aliphatic heterocycles. The van der Waals surface area contributed by atoms with Crippen LogP contribution in [0, 0.1) is 0 Å². The van der Waals surface area contributed by atoms with E-state index in [2.05, 4.69) is 140 Å². The highest BCUT2D eigenvalue weighted by atomic mass is 14.7. The molecule has 0 fully saturated rings. The predicted molar refractivity (Wildman–Crippen MR) is 229 cm³/mol. The van der Waals surface area contributed by atoms with Crippen molar-refractivity contribution < 1.29 is 0 Å². The number of hydrogen-bond donors (Lipinski definition) is 0. The second kappa shape index (κ2) is 11.3. The van der Waals surface area contributed by atoms with Gasteiger partial charge in [0.15, 0.2) is 0 Å². The number of fused-ring (bicyclic) bond motifs is 10. The molecule has 11 aromatic rings. The summed E-state index contributed by atoms with van der Waals surface area (Å²) < 4.78 is 0. The van der Waals surface area contributed by atoms with Gasteiger partial charge in [-0.1, -0.05) is 122 Å². The fraction of sp³-hybridized carbons (Fsp3) is 0.0196. The van der Waals surface area contributed by atoms with Crippen molar-refractivity contribution in [1.29, 1.82) is 0 Å². The highest BCUT2D eigenvalue weighted by Gasteiger charge is 2.27. The Bertz CT molecular complexity index is 3330. The topological polar surface area (TPSA) is 25.2 Å². The maximum Gasteiger partial charge on any atom is 0.0714 e. The fourth-order valence-electron chi connectivity index (χ4n) is 9.23. The number of aromatic nitrogens is 1. The van der Waals surface area contributed by atoms with E-state index in [4.69, 9.17) is 9.98 Å². The second-order valence-electron chi connectivity index (χ2n) is 14.0. The first kappa shape index (κ1) is 29.8. The molecule has 0 atom stereocenters. The summed E-state index contributed by atoms with van der Waals surface area (Å²) in [5.74, 6) is 0. The Morgan fingerprint density at radius 3 is 1.94 bits per heavy atom. The Labute approximate surface area is 306 Å². The third-order valence-corrected chi connectivity index (χ3v) is 11.3. The van der Waals surface area contributed by atoms with Gasteiger partial charge in [0.05, 0.1) is 11.4 Å². The van der Waals surface area contributed by atoms with E-state index in [1.165, 1.54) is 91.9 Å². The summed E-state index contributed by atoms with van der Waals surface area (Å²) in [7, 11) is 0. The highest BCUT2D eigenvalue weighted by Crippen LogP contribution is 2.53. The monoisotopic (exact) mass is 672 g/mol. The molecule has 1 aromatic heterocycles. The van der Waals surface area contributed by atoms with Crippen LogP contribution >= 0.6 is 0 Å². The second-order valence-corrected chi connectivity index (χ2v) is 14.0. The standard InChI is InChI=1S/C51H32N2/c1-3-25-52-43(4-2)48-42-29-40-35-17-9-8-16-34(35)37-19-13-20-38(45(37)40)47(42)51(44-22-10-11-26-53-44)50-41-28-32-27-31(30-14-6-5-7-15-30)23-24-33(32)36-18-12-21-39(46(36)41)49(48)50/h3-29H,2H2,1H3/b25-3-,52-43+. The number of nitrogens with zero attached hydrogens (tertiary/aromatic N) is 2. The SMILES string of the molecule is C=C/C(=N\C=C/C)c1c2cc3c4ccccc4c4cccc(c2c(-c2ccccn2)c2c5cc6cc(-c7ccccc7)ccc6c6cccc(c12)c65)c43. The highest BCUT2D eigenvalue weighted by molar-refractivity contribution is 6.47. The van der Waals surface area contributed by atoms with Gasteiger partial charge in [0, 0.05) is 39.7 Å². The molecule has 246 valence electrons. The Morgan fingerprint density at radius 2 is 1.19 bits per heavy atom. The van der Waals surface area contributed by atoms with E-state index in [1.54, 1.807) is 0 Å². The summed E-state index contributed by atoms with van der Waals surface area (Å²) in [5, 5.41) is 19.8. The van der Waals surface area contributed by atoms with Gasteiger partial charge in [-0.15, -0.1) is 0 Å². The van der Waals surface area contributed by atoms with Crippen LogP contribution in [0.3, 0.4) is 0 Å². The largest absolute Gasteiger partial charge is 0.257 e. The first-order valence-corrected chi connectivity index (χ1v) is 18.2. The molecule has 0 aliphatic carbocycles. The molecule has 0 amide bonds. The summed E-state index contributed by atoms with van der Waals surface area (Å²) in [5.41, 5.74) is 6.49. The zero-order valence-electron chi connectivity index (χ0n) is 29.2. The minimum atomic E-state index is 0.853. The van der Waals surface area contributed by atoms with Crippen molar-refractivity contribution in [3.63, 3.8) is 0 Å². The Hall–Kier alpha value is -6.90. The number of hydrogen-bond acceptors (Lipinski definition) is 2. The lowest BCUT2D eigenvalue weighted by Gasteiger charge is -2.18. The smallest absolute Gasteiger partial charge is 0.0714 e. The Morgan fingerprint density at radius 1 is 0.509 bits per heavy atom. The molecule has 0 bridgehead atoms. The molecule has 10 aromatic carbocycles. The lowest BCUT2D eigenvalue weighted by Crippen LogP contribution is -2.01. The van der Waals surface area contributed by atoms with Gasteiger partial charge in [-0.05, 0) is 124 Å². The van der Waals surface area contributed by atoms with Gasteiger partial charge in [0.25, 0.3) is 0 Å². The molecule has 0 radical (unpaired) electrons. The Balaban J connectivity index is 1.45. The quantitative estimate of drug-likeness (QED) is 0.132. The molecule has 11 rings (SSSR count). The van der Waals surface area contributed by atoms with E-state index in [-0.39, 0.29) is 0 Å². The summed E-state index contributed by atoms with van der Waals surface area (Å²) in [6.07, 6.45) is 7.72. The van der Waals surface area contributed by atoms with Crippen LogP contribution in [0.1, 0.15) is 12.5 Å². The molecular formula is C51H32N2. The van der Waals surface area contributed by atoms with Crippen LogP contribution in [0.2, 0.25) is 0 Å². The van der Waals surface area contributed by atoms with Crippen molar-refractivity contribution in [3.8, 4) is 22.4 Å². The van der Waals surface area contributed by atoms with Crippen LogP contribution in [-0.4, -0.2) is 10.7 Å².